The average Bonchev–Trinajstić information content (AvgIpc) is 2.88. The number of para-hydroxylation sites is 1. The smallest absolute Gasteiger partial charge is 0.250 e. The van der Waals surface area contributed by atoms with E-state index in [2.05, 4.69) is 57.7 Å². The lowest BCUT2D eigenvalue weighted by Crippen LogP contribution is -2.52. The van der Waals surface area contributed by atoms with Crippen LogP contribution in [0.3, 0.4) is 0 Å². The van der Waals surface area contributed by atoms with Crippen LogP contribution >= 0.6 is 12.2 Å². The van der Waals surface area contributed by atoms with Gasteiger partial charge in [0.25, 0.3) is 5.56 Å². The first kappa shape index (κ1) is 25.2. The summed E-state index contributed by atoms with van der Waals surface area (Å²) in [6.45, 7) is 7.30. The standard InChI is InChI=1S/C27H37N5O2S/c1-2-3-14-30(23-9-5-4-6-10-23)15-8-13-28-25(33)17-29-27(35)31-18-21-16-22(20-31)24-11-7-12-26(34)32(24)19-21/h4-7,9-12,21-22H,2-3,8,13-20H2,1H3,(H,28,33)(H,29,35). The van der Waals surface area contributed by atoms with Crippen molar-refractivity contribution in [2.45, 2.75) is 45.1 Å². The number of likely N-dealkylation sites (tertiary alicyclic amines) is 1. The van der Waals surface area contributed by atoms with E-state index in [1.807, 2.05) is 16.7 Å². The maximum atomic E-state index is 12.4. The molecule has 2 atom stereocenters. The Morgan fingerprint density at radius 1 is 1.03 bits per heavy atom. The van der Waals surface area contributed by atoms with Gasteiger partial charge in [-0.3, -0.25) is 9.59 Å². The number of aromatic nitrogens is 1. The highest BCUT2D eigenvalue weighted by Gasteiger charge is 2.35. The van der Waals surface area contributed by atoms with Gasteiger partial charge in [-0.05, 0) is 55.6 Å². The zero-order chi connectivity index (χ0) is 24.6. The summed E-state index contributed by atoms with van der Waals surface area (Å²) in [5.74, 6) is 0.654. The molecule has 2 aliphatic heterocycles. The number of unbranched alkanes of at least 4 members (excludes halogenated alkanes) is 1. The minimum Gasteiger partial charge on any atom is -0.371 e. The summed E-state index contributed by atoms with van der Waals surface area (Å²) in [5.41, 5.74) is 2.42. The topological polar surface area (TPSA) is 69.6 Å². The summed E-state index contributed by atoms with van der Waals surface area (Å²) in [4.78, 5) is 29.2. The molecule has 1 fully saturated rings. The number of fused-ring (bicyclic) bond motifs is 4. The minimum atomic E-state index is -0.0405. The predicted octanol–water partition coefficient (Wildman–Crippen LogP) is 2.95. The molecule has 0 saturated carbocycles. The first-order valence-corrected chi connectivity index (χ1v) is 13.2. The Balaban J connectivity index is 1.19. The number of amides is 1. The van der Waals surface area contributed by atoms with Crippen molar-refractivity contribution in [2.24, 2.45) is 5.92 Å². The number of hydrogen-bond donors (Lipinski definition) is 2. The molecule has 1 aromatic carbocycles. The molecule has 2 aliphatic rings. The van der Waals surface area contributed by atoms with Gasteiger partial charge < -0.3 is 25.0 Å². The molecule has 188 valence electrons. The van der Waals surface area contributed by atoms with Gasteiger partial charge in [-0.2, -0.15) is 0 Å². The fourth-order valence-corrected chi connectivity index (χ4v) is 5.47. The summed E-state index contributed by atoms with van der Waals surface area (Å²) in [5, 5.41) is 6.79. The molecule has 7 nitrogen and oxygen atoms in total. The number of piperidine rings is 1. The first-order valence-electron chi connectivity index (χ1n) is 12.8. The van der Waals surface area contributed by atoms with Crippen molar-refractivity contribution in [1.82, 2.24) is 20.1 Å². The van der Waals surface area contributed by atoms with Crippen LogP contribution in [0.2, 0.25) is 0 Å². The molecule has 1 saturated heterocycles. The van der Waals surface area contributed by atoms with Gasteiger partial charge >= 0.3 is 0 Å². The normalized spacial score (nSPS) is 18.5. The van der Waals surface area contributed by atoms with Crippen LogP contribution in [0.25, 0.3) is 0 Å². The van der Waals surface area contributed by atoms with Crippen molar-refractivity contribution < 1.29 is 4.79 Å². The zero-order valence-corrected chi connectivity index (χ0v) is 21.4. The Hall–Kier alpha value is -2.87. The van der Waals surface area contributed by atoms with Crippen LogP contribution in [0, 0.1) is 5.92 Å². The van der Waals surface area contributed by atoms with Crippen molar-refractivity contribution in [1.29, 1.82) is 0 Å². The maximum Gasteiger partial charge on any atom is 0.250 e. The van der Waals surface area contributed by atoms with Crippen LogP contribution < -0.4 is 21.1 Å². The van der Waals surface area contributed by atoms with Crippen molar-refractivity contribution in [3.63, 3.8) is 0 Å². The first-order chi connectivity index (χ1) is 17.0. The lowest BCUT2D eigenvalue weighted by atomic mass is 9.83. The van der Waals surface area contributed by atoms with Gasteiger partial charge in [-0.1, -0.05) is 37.6 Å². The molecule has 0 radical (unpaired) electrons. The summed E-state index contributed by atoms with van der Waals surface area (Å²) < 4.78 is 1.92. The fraction of sp³-hybridized carbons (Fsp3) is 0.519. The largest absolute Gasteiger partial charge is 0.371 e. The highest BCUT2D eigenvalue weighted by Crippen LogP contribution is 2.34. The number of thiocarbonyl (C=S) groups is 1. The van der Waals surface area contributed by atoms with E-state index in [1.165, 1.54) is 5.69 Å². The number of carbonyl (C=O) groups is 1. The predicted molar refractivity (Wildman–Crippen MR) is 145 cm³/mol. The lowest BCUT2D eigenvalue weighted by molar-refractivity contribution is -0.120. The minimum absolute atomic E-state index is 0.0405. The molecular formula is C27H37N5O2S. The molecule has 2 aromatic rings. The Bertz CT molecular complexity index is 1060. The van der Waals surface area contributed by atoms with Crippen LogP contribution in [-0.4, -0.2) is 59.8 Å². The summed E-state index contributed by atoms with van der Waals surface area (Å²) in [6.07, 6.45) is 4.29. The Labute approximate surface area is 213 Å². The van der Waals surface area contributed by atoms with E-state index in [4.69, 9.17) is 12.2 Å². The summed E-state index contributed by atoms with van der Waals surface area (Å²) in [6, 6.07) is 16.0. The number of carbonyl (C=O) groups excluding carboxylic acids is 1. The van der Waals surface area contributed by atoms with Crippen molar-refractivity contribution >= 4 is 28.9 Å². The molecule has 0 aliphatic carbocycles. The van der Waals surface area contributed by atoms with E-state index in [1.54, 1.807) is 6.07 Å². The van der Waals surface area contributed by atoms with Gasteiger partial charge in [-0.15, -0.1) is 0 Å². The molecular weight excluding hydrogens is 458 g/mol. The summed E-state index contributed by atoms with van der Waals surface area (Å²) >= 11 is 5.62. The molecule has 35 heavy (non-hydrogen) atoms. The number of hydrogen-bond acceptors (Lipinski definition) is 4. The highest BCUT2D eigenvalue weighted by molar-refractivity contribution is 7.80. The monoisotopic (exact) mass is 495 g/mol. The molecule has 3 heterocycles. The van der Waals surface area contributed by atoms with E-state index in [0.717, 1.165) is 64.1 Å². The highest BCUT2D eigenvalue weighted by atomic mass is 32.1. The van der Waals surface area contributed by atoms with Crippen LogP contribution in [0.5, 0.6) is 0 Å². The average molecular weight is 496 g/mol. The van der Waals surface area contributed by atoms with Gasteiger partial charge in [-0.25, -0.2) is 0 Å². The van der Waals surface area contributed by atoms with Gasteiger partial charge in [0.05, 0.1) is 6.54 Å². The third-order valence-electron chi connectivity index (χ3n) is 7.00. The van der Waals surface area contributed by atoms with Crippen molar-refractivity contribution in [2.75, 3.05) is 44.2 Å². The zero-order valence-electron chi connectivity index (χ0n) is 20.6. The Kier molecular flexibility index (Phi) is 8.79. The maximum absolute atomic E-state index is 12.4. The van der Waals surface area contributed by atoms with Crippen LogP contribution in [0.1, 0.15) is 44.2 Å². The SMILES string of the molecule is CCCCN(CCCNC(=O)CNC(=S)N1CC2CC(C1)c1cccc(=O)n1C2)c1ccccc1. The van der Waals surface area contributed by atoms with E-state index in [0.29, 0.717) is 23.5 Å². The van der Waals surface area contributed by atoms with Crippen LogP contribution in [-0.2, 0) is 11.3 Å². The second kappa shape index (κ2) is 12.2. The number of rotatable bonds is 10. The van der Waals surface area contributed by atoms with Gasteiger partial charge in [0, 0.05) is 62.6 Å². The molecule has 1 aromatic heterocycles. The van der Waals surface area contributed by atoms with E-state index in [9.17, 15) is 9.59 Å². The molecule has 0 spiro atoms. The Morgan fingerprint density at radius 3 is 2.63 bits per heavy atom. The van der Waals surface area contributed by atoms with E-state index < -0.39 is 0 Å². The second-order valence-corrected chi connectivity index (χ2v) is 10.0. The molecule has 8 heteroatoms. The number of benzene rings is 1. The van der Waals surface area contributed by atoms with E-state index in [-0.39, 0.29) is 18.0 Å². The quantitative estimate of drug-likeness (QED) is 0.390. The van der Waals surface area contributed by atoms with Crippen LogP contribution in [0.4, 0.5) is 5.69 Å². The molecule has 2 bridgehead atoms. The number of nitrogens with zero attached hydrogens (tertiary/aromatic N) is 3. The van der Waals surface area contributed by atoms with Gasteiger partial charge in [0.1, 0.15) is 0 Å². The van der Waals surface area contributed by atoms with Crippen molar-refractivity contribution in [3.8, 4) is 0 Å². The molecule has 2 unspecified atom stereocenters. The van der Waals surface area contributed by atoms with Crippen molar-refractivity contribution in [3.05, 3.63) is 64.6 Å². The lowest BCUT2D eigenvalue weighted by Gasteiger charge is -2.43. The summed E-state index contributed by atoms with van der Waals surface area (Å²) in [7, 11) is 0. The van der Waals surface area contributed by atoms with Crippen LogP contribution in [0.15, 0.2) is 53.3 Å². The van der Waals surface area contributed by atoms with Gasteiger partial charge in [0.15, 0.2) is 5.11 Å². The second-order valence-electron chi connectivity index (χ2n) is 9.64. The molecule has 4 rings (SSSR count). The molecule has 1 amide bonds. The number of anilines is 1. The third kappa shape index (κ3) is 6.63. The number of pyridine rings is 1. The van der Waals surface area contributed by atoms with E-state index >= 15 is 0 Å². The Morgan fingerprint density at radius 2 is 1.83 bits per heavy atom. The third-order valence-corrected chi connectivity index (χ3v) is 7.40. The number of nitrogens with one attached hydrogen (secondary N) is 2. The fourth-order valence-electron chi connectivity index (χ4n) is 5.25. The molecule has 2 N–H and O–H groups in total. The van der Waals surface area contributed by atoms with Gasteiger partial charge in [0.2, 0.25) is 5.91 Å².